The number of hydrogen-bond acceptors (Lipinski definition) is 2. The third-order valence-electron chi connectivity index (χ3n) is 4.37. The molecule has 0 saturated carbocycles. The molecule has 0 radical (unpaired) electrons. The highest BCUT2D eigenvalue weighted by molar-refractivity contribution is 5.44. The zero-order valence-electron chi connectivity index (χ0n) is 14.5. The molecule has 0 amide bonds. The lowest BCUT2D eigenvalue weighted by Gasteiger charge is -2.25. The van der Waals surface area contributed by atoms with E-state index in [0.29, 0.717) is 5.69 Å². The summed E-state index contributed by atoms with van der Waals surface area (Å²) in [7, 11) is 0. The van der Waals surface area contributed by atoms with Gasteiger partial charge in [0.25, 0.3) is 0 Å². The van der Waals surface area contributed by atoms with E-state index in [1.165, 1.54) is 12.1 Å². The molecule has 27 heavy (non-hydrogen) atoms. The molecule has 3 rings (SSSR count). The van der Waals surface area contributed by atoms with Crippen LogP contribution in [0.5, 0.6) is 0 Å². The average molecular weight is 374 g/mol. The van der Waals surface area contributed by atoms with Gasteiger partial charge in [-0.2, -0.15) is 0 Å². The van der Waals surface area contributed by atoms with Crippen LogP contribution in [-0.4, -0.2) is 0 Å². The minimum absolute atomic E-state index is 0.252. The van der Waals surface area contributed by atoms with Crippen molar-refractivity contribution < 1.29 is 17.6 Å². The van der Waals surface area contributed by atoms with Gasteiger partial charge in [0.2, 0.25) is 0 Å². The van der Waals surface area contributed by atoms with E-state index in [1.807, 2.05) is 6.07 Å². The van der Waals surface area contributed by atoms with Crippen molar-refractivity contribution in [2.24, 2.45) is 0 Å². The summed E-state index contributed by atoms with van der Waals surface area (Å²) < 4.78 is 53.7. The Hall–Kier alpha value is -2.86. The van der Waals surface area contributed by atoms with E-state index in [2.05, 4.69) is 5.32 Å². The Balaban J connectivity index is 1.97. The van der Waals surface area contributed by atoms with Gasteiger partial charge in [0.05, 0.1) is 6.04 Å². The zero-order valence-corrected chi connectivity index (χ0v) is 14.5. The molecule has 3 aromatic carbocycles. The van der Waals surface area contributed by atoms with E-state index in [-0.39, 0.29) is 11.4 Å². The predicted molar refractivity (Wildman–Crippen MR) is 97.0 cm³/mol. The minimum atomic E-state index is -1.50. The first kappa shape index (κ1) is 18.9. The number of nitrogen functional groups attached to an aromatic ring is 1. The fraction of sp³-hybridized carbons (Fsp3) is 0.143. The molecule has 0 aliphatic heterocycles. The molecule has 6 heteroatoms. The molecular weight excluding hydrogens is 356 g/mol. The molecule has 0 spiro atoms. The van der Waals surface area contributed by atoms with Gasteiger partial charge in [-0.1, -0.05) is 24.3 Å². The van der Waals surface area contributed by atoms with Crippen LogP contribution in [0.2, 0.25) is 0 Å². The van der Waals surface area contributed by atoms with Gasteiger partial charge in [-0.15, -0.1) is 0 Å². The van der Waals surface area contributed by atoms with E-state index in [0.717, 1.165) is 23.3 Å². The Bertz CT molecular complexity index is 918. The van der Waals surface area contributed by atoms with E-state index in [1.54, 1.807) is 37.3 Å². The zero-order chi connectivity index (χ0) is 19.6. The average Bonchev–Trinajstić information content (AvgIpc) is 2.64. The van der Waals surface area contributed by atoms with Crippen LogP contribution < -0.4 is 11.1 Å². The van der Waals surface area contributed by atoms with Crippen LogP contribution in [-0.2, 0) is 0 Å². The van der Waals surface area contributed by atoms with Crippen molar-refractivity contribution in [3.8, 4) is 0 Å². The normalized spacial score (nSPS) is 13.4. The Morgan fingerprint density at radius 3 is 2.00 bits per heavy atom. The Morgan fingerprint density at radius 1 is 0.778 bits per heavy atom. The topological polar surface area (TPSA) is 38.0 Å². The number of nitrogens with two attached hydrogens (primary N) is 1. The maximum Gasteiger partial charge on any atom is 0.194 e. The second-order valence-corrected chi connectivity index (χ2v) is 6.34. The summed E-state index contributed by atoms with van der Waals surface area (Å²) in [6, 6.07) is 14.0. The summed E-state index contributed by atoms with van der Waals surface area (Å²) in [5.41, 5.74) is 8.22. The predicted octanol–water partition coefficient (Wildman–Crippen LogP) is 5.27. The largest absolute Gasteiger partial charge is 0.399 e. The van der Waals surface area contributed by atoms with Crippen molar-refractivity contribution in [1.82, 2.24) is 5.32 Å². The molecule has 0 aromatic heterocycles. The molecule has 2 unspecified atom stereocenters. The summed E-state index contributed by atoms with van der Waals surface area (Å²) in [5.74, 6) is -4.38. The molecular formula is C21H18F4N2. The summed E-state index contributed by atoms with van der Waals surface area (Å²) in [6.07, 6.45) is 0. The molecule has 2 atom stereocenters. The second kappa shape index (κ2) is 7.80. The summed E-state index contributed by atoms with van der Waals surface area (Å²) in [4.78, 5) is 0. The van der Waals surface area contributed by atoms with E-state index in [4.69, 9.17) is 5.73 Å². The van der Waals surface area contributed by atoms with Gasteiger partial charge in [0.15, 0.2) is 17.5 Å². The monoisotopic (exact) mass is 374 g/mol. The highest BCUT2D eigenvalue weighted by Gasteiger charge is 2.20. The SMILES string of the molecule is CC(NC(c1ccc(F)cc1)c1cccc(N)c1)c1cc(F)c(F)c(F)c1. The molecule has 0 saturated heterocycles. The smallest absolute Gasteiger partial charge is 0.194 e. The number of benzene rings is 3. The van der Waals surface area contributed by atoms with E-state index >= 15 is 0 Å². The standard InChI is InChI=1S/C21H18F4N2/c1-12(15-10-18(23)20(25)19(24)11-15)27-21(13-5-7-16(22)8-6-13)14-3-2-4-17(26)9-14/h2-12,21,27H,26H2,1H3. The van der Waals surface area contributed by atoms with Gasteiger partial charge in [0.1, 0.15) is 5.82 Å². The molecule has 0 bridgehead atoms. The lowest BCUT2D eigenvalue weighted by atomic mass is 9.96. The second-order valence-electron chi connectivity index (χ2n) is 6.34. The maximum atomic E-state index is 13.6. The lowest BCUT2D eigenvalue weighted by molar-refractivity contribution is 0.438. The Morgan fingerprint density at radius 2 is 1.41 bits per heavy atom. The quantitative estimate of drug-likeness (QED) is 0.363. The van der Waals surface area contributed by atoms with Crippen molar-refractivity contribution in [1.29, 1.82) is 0 Å². The summed E-state index contributed by atoms with van der Waals surface area (Å²) in [5, 5.41) is 3.25. The highest BCUT2D eigenvalue weighted by Crippen LogP contribution is 2.28. The van der Waals surface area contributed by atoms with E-state index < -0.39 is 29.5 Å². The molecule has 0 fully saturated rings. The van der Waals surface area contributed by atoms with Crippen molar-refractivity contribution in [2.75, 3.05) is 5.73 Å². The number of nitrogens with one attached hydrogen (secondary N) is 1. The van der Waals surface area contributed by atoms with Crippen LogP contribution in [0.25, 0.3) is 0 Å². The van der Waals surface area contributed by atoms with Crippen LogP contribution in [0.15, 0.2) is 60.7 Å². The molecule has 140 valence electrons. The van der Waals surface area contributed by atoms with Crippen molar-refractivity contribution in [3.63, 3.8) is 0 Å². The molecule has 2 nitrogen and oxygen atoms in total. The maximum absolute atomic E-state index is 13.6. The first-order chi connectivity index (χ1) is 12.8. The molecule has 0 aliphatic rings. The van der Waals surface area contributed by atoms with Crippen LogP contribution in [0, 0.1) is 23.3 Å². The third-order valence-corrected chi connectivity index (χ3v) is 4.37. The fourth-order valence-electron chi connectivity index (χ4n) is 2.95. The number of rotatable bonds is 5. The van der Waals surface area contributed by atoms with Gasteiger partial charge in [0, 0.05) is 11.7 Å². The van der Waals surface area contributed by atoms with Gasteiger partial charge in [-0.05, 0) is 60.0 Å². The lowest BCUT2D eigenvalue weighted by Crippen LogP contribution is -2.26. The Kier molecular flexibility index (Phi) is 5.46. The molecule has 0 aliphatic carbocycles. The van der Waals surface area contributed by atoms with Crippen molar-refractivity contribution >= 4 is 5.69 Å². The van der Waals surface area contributed by atoms with Crippen molar-refractivity contribution in [3.05, 3.63) is 101 Å². The van der Waals surface area contributed by atoms with Gasteiger partial charge in [-0.25, -0.2) is 17.6 Å². The van der Waals surface area contributed by atoms with Crippen LogP contribution in [0.3, 0.4) is 0 Å². The van der Waals surface area contributed by atoms with E-state index in [9.17, 15) is 17.6 Å². The Labute approximate surface area is 154 Å². The van der Waals surface area contributed by atoms with Gasteiger partial charge >= 0.3 is 0 Å². The number of halogens is 4. The first-order valence-corrected chi connectivity index (χ1v) is 8.36. The first-order valence-electron chi connectivity index (χ1n) is 8.36. The summed E-state index contributed by atoms with van der Waals surface area (Å²) in [6.45, 7) is 1.70. The molecule has 3 N–H and O–H groups in total. The van der Waals surface area contributed by atoms with Gasteiger partial charge in [-0.3, -0.25) is 5.32 Å². The number of anilines is 1. The highest BCUT2D eigenvalue weighted by atomic mass is 19.2. The van der Waals surface area contributed by atoms with Crippen LogP contribution in [0.4, 0.5) is 23.2 Å². The molecule has 3 aromatic rings. The van der Waals surface area contributed by atoms with Crippen LogP contribution in [0.1, 0.15) is 35.7 Å². The minimum Gasteiger partial charge on any atom is -0.399 e. The van der Waals surface area contributed by atoms with Crippen LogP contribution >= 0.6 is 0 Å². The summed E-state index contributed by atoms with van der Waals surface area (Å²) >= 11 is 0. The number of hydrogen-bond donors (Lipinski definition) is 2. The molecule has 0 heterocycles. The van der Waals surface area contributed by atoms with Gasteiger partial charge < -0.3 is 5.73 Å². The van der Waals surface area contributed by atoms with Crippen molar-refractivity contribution in [2.45, 2.75) is 19.0 Å². The fourth-order valence-corrected chi connectivity index (χ4v) is 2.95. The third kappa shape index (κ3) is 4.28.